The summed E-state index contributed by atoms with van der Waals surface area (Å²) in [6.07, 6.45) is 1.66. The van der Waals surface area contributed by atoms with Crippen LogP contribution in [0.5, 0.6) is 5.75 Å². The molecule has 2 aromatic heterocycles. The van der Waals surface area contributed by atoms with Crippen LogP contribution in [-0.2, 0) is 14.3 Å². The fourth-order valence-electron chi connectivity index (χ4n) is 4.86. The van der Waals surface area contributed by atoms with E-state index in [-0.39, 0.29) is 12.2 Å². The number of aryl methyl sites for hydroxylation is 1. The van der Waals surface area contributed by atoms with Crippen molar-refractivity contribution >= 4 is 29.4 Å². The largest absolute Gasteiger partial charge is 0.494 e. The number of thiazole rings is 1. The molecule has 0 unspecified atom stereocenters. The first kappa shape index (κ1) is 28.8. The van der Waals surface area contributed by atoms with Gasteiger partial charge in [-0.3, -0.25) is 9.36 Å². The quantitative estimate of drug-likeness (QED) is 0.279. The number of ether oxygens (including phenoxy) is 3. The highest BCUT2D eigenvalue weighted by Gasteiger charge is 2.33. The molecule has 0 aliphatic carbocycles. The van der Waals surface area contributed by atoms with Crippen LogP contribution < -0.4 is 19.6 Å². The van der Waals surface area contributed by atoms with E-state index < -0.39 is 18.0 Å². The number of methoxy groups -OCH3 is 1. The van der Waals surface area contributed by atoms with Crippen molar-refractivity contribution in [2.45, 2.75) is 33.7 Å². The normalized spacial score (nSPS) is 14.8. The Hall–Kier alpha value is -4.70. The average Bonchev–Trinajstić information content (AvgIpc) is 3.56. The number of aromatic nitrogens is 1. The minimum Gasteiger partial charge on any atom is -0.494 e. The third-order valence-corrected chi connectivity index (χ3v) is 7.83. The van der Waals surface area contributed by atoms with Crippen LogP contribution in [0, 0.1) is 6.92 Å². The molecular formula is C32H30N2O7S. The third kappa shape index (κ3) is 5.45. The van der Waals surface area contributed by atoms with E-state index in [1.807, 2.05) is 44.2 Å². The summed E-state index contributed by atoms with van der Waals surface area (Å²) in [6.45, 7) is 8.01. The van der Waals surface area contributed by atoms with Gasteiger partial charge in [0.2, 0.25) is 0 Å². The fraction of sp³-hybridized carbons (Fsp3) is 0.250. The molecule has 9 nitrogen and oxygen atoms in total. The molecule has 2 aromatic carbocycles. The molecule has 5 rings (SSSR count). The van der Waals surface area contributed by atoms with Gasteiger partial charge in [0, 0.05) is 11.6 Å². The molecule has 0 fully saturated rings. The van der Waals surface area contributed by atoms with Crippen molar-refractivity contribution in [1.82, 2.24) is 4.57 Å². The molecule has 42 heavy (non-hydrogen) atoms. The third-order valence-electron chi connectivity index (χ3n) is 6.85. The summed E-state index contributed by atoms with van der Waals surface area (Å²) in [4.78, 5) is 44.1. The predicted octanol–water partition coefficient (Wildman–Crippen LogP) is 4.55. The van der Waals surface area contributed by atoms with Crippen molar-refractivity contribution in [2.75, 3.05) is 20.3 Å². The summed E-state index contributed by atoms with van der Waals surface area (Å²) in [7, 11) is 1.33. The second kappa shape index (κ2) is 12.0. The molecule has 4 aromatic rings. The summed E-state index contributed by atoms with van der Waals surface area (Å²) in [5.41, 5.74) is 3.27. The fourth-order valence-corrected chi connectivity index (χ4v) is 5.88. The van der Waals surface area contributed by atoms with Gasteiger partial charge in [-0.25, -0.2) is 14.6 Å². The maximum Gasteiger partial charge on any atom is 0.338 e. The second-order valence-corrected chi connectivity index (χ2v) is 10.5. The number of rotatable bonds is 8. The van der Waals surface area contributed by atoms with Crippen LogP contribution in [0.25, 0.3) is 17.4 Å². The zero-order valence-electron chi connectivity index (χ0n) is 23.9. The summed E-state index contributed by atoms with van der Waals surface area (Å²) in [5.74, 6) is 0.728. The second-order valence-electron chi connectivity index (χ2n) is 9.53. The smallest absolute Gasteiger partial charge is 0.338 e. The first-order valence-electron chi connectivity index (χ1n) is 13.5. The standard InChI is InChI=1S/C32H30N2O7S/c1-6-39-22-12-10-20(11-13-22)28-27(31(37)40-7-2)19(4)33-32-34(28)29(35)26(42-32)17-23-14-15-25(41-23)24-16-21(30(36)38-5)9-8-18(24)3/h8-17,28H,6-7H2,1-5H3/b26-17+/t28-/m0/s1. The number of nitrogens with zero attached hydrogens (tertiary/aromatic N) is 2. The van der Waals surface area contributed by atoms with E-state index in [9.17, 15) is 14.4 Å². The average molecular weight is 587 g/mol. The van der Waals surface area contributed by atoms with Crippen LogP contribution in [0.4, 0.5) is 0 Å². The number of benzene rings is 2. The molecule has 0 saturated heterocycles. The maximum atomic E-state index is 13.9. The van der Waals surface area contributed by atoms with Gasteiger partial charge in [-0.05, 0) is 75.2 Å². The Bertz CT molecular complexity index is 1880. The lowest BCUT2D eigenvalue weighted by molar-refractivity contribution is -0.139. The molecular weight excluding hydrogens is 556 g/mol. The highest BCUT2D eigenvalue weighted by atomic mass is 32.1. The number of furan rings is 1. The Kier molecular flexibility index (Phi) is 8.26. The van der Waals surface area contributed by atoms with Crippen molar-refractivity contribution in [3.05, 3.63) is 108 Å². The maximum absolute atomic E-state index is 13.9. The SMILES string of the molecule is CCOC(=O)C1=C(C)N=c2s/c(=C/c3ccc(-c4cc(C(=O)OC)ccc4C)o3)c(=O)n2[C@H]1c1ccc(OCC)cc1. The highest BCUT2D eigenvalue weighted by Crippen LogP contribution is 2.32. The predicted molar refractivity (Wildman–Crippen MR) is 158 cm³/mol. The van der Waals surface area contributed by atoms with Gasteiger partial charge in [-0.1, -0.05) is 29.5 Å². The number of hydrogen-bond donors (Lipinski definition) is 0. The Morgan fingerprint density at radius 2 is 1.79 bits per heavy atom. The monoisotopic (exact) mass is 586 g/mol. The molecule has 1 aliphatic heterocycles. The lowest BCUT2D eigenvalue weighted by atomic mass is 9.96. The lowest BCUT2D eigenvalue weighted by Gasteiger charge is -2.24. The molecule has 1 aliphatic rings. The van der Waals surface area contributed by atoms with Gasteiger partial charge in [-0.2, -0.15) is 0 Å². The molecule has 0 saturated carbocycles. The topological polar surface area (TPSA) is 109 Å². The zero-order chi connectivity index (χ0) is 30.0. The number of hydrogen-bond acceptors (Lipinski definition) is 9. The number of carbonyl (C=O) groups excluding carboxylic acids is 2. The van der Waals surface area contributed by atoms with Crippen LogP contribution in [0.2, 0.25) is 0 Å². The first-order valence-corrected chi connectivity index (χ1v) is 14.3. The molecule has 0 amide bonds. The minimum absolute atomic E-state index is 0.193. The summed E-state index contributed by atoms with van der Waals surface area (Å²) in [5, 5.41) is 0. The van der Waals surface area contributed by atoms with Gasteiger partial charge in [0.05, 0.1) is 47.7 Å². The molecule has 0 radical (unpaired) electrons. The number of carbonyl (C=O) groups is 2. The first-order chi connectivity index (χ1) is 20.2. The molecule has 1 atom stereocenters. The van der Waals surface area contributed by atoms with E-state index in [1.54, 1.807) is 44.2 Å². The molecule has 10 heteroatoms. The van der Waals surface area contributed by atoms with Crippen LogP contribution in [0.3, 0.4) is 0 Å². The van der Waals surface area contributed by atoms with E-state index in [1.165, 1.54) is 23.0 Å². The Labute approximate surface area is 246 Å². The molecule has 0 spiro atoms. The van der Waals surface area contributed by atoms with Gasteiger partial charge < -0.3 is 18.6 Å². The van der Waals surface area contributed by atoms with E-state index in [0.29, 0.717) is 50.0 Å². The molecule has 0 bridgehead atoms. The Morgan fingerprint density at radius 1 is 1.02 bits per heavy atom. The summed E-state index contributed by atoms with van der Waals surface area (Å²) in [6, 6.07) is 15.4. The summed E-state index contributed by atoms with van der Waals surface area (Å²) >= 11 is 1.21. The minimum atomic E-state index is -0.728. The van der Waals surface area contributed by atoms with Crippen molar-refractivity contribution in [3.8, 4) is 17.1 Å². The van der Waals surface area contributed by atoms with Crippen LogP contribution in [-0.4, -0.2) is 36.8 Å². The molecule has 3 heterocycles. The number of allylic oxidation sites excluding steroid dienone is 1. The van der Waals surface area contributed by atoms with E-state index in [4.69, 9.17) is 18.6 Å². The van der Waals surface area contributed by atoms with Crippen molar-refractivity contribution < 1.29 is 28.2 Å². The number of fused-ring (bicyclic) bond motifs is 1. The zero-order valence-corrected chi connectivity index (χ0v) is 24.7. The van der Waals surface area contributed by atoms with Crippen LogP contribution >= 0.6 is 11.3 Å². The Morgan fingerprint density at radius 3 is 2.48 bits per heavy atom. The van der Waals surface area contributed by atoms with E-state index >= 15 is 0 Å². The van der Waals surface area contributed by atoms with Crippen molar-refractivity contribution in [3.63, 3.8) is 0 Å². The highest BCUT2D eigenvalue weighted by molar-refractivity contribution is 7.07. The van der Waals surface area contributed by atoms with Gasteiger partial charge in [0.15, 0.2) is 4.80 Å². The van der Waals surface area contributed by atoms with Crippen molar-refractivity contribution in [2.24, 2.45) is 4.99 Å². The van der Waals surface area contributed by atoms with Crippen molar-refractivity contribution in [1.29, 1.82) is 0 Å². The molecule has 216 valence electrons. The van der Waals surface area contributed by atoms with E-state index in [2.05, 4.69) is 4.99 Å². The van der Waals surface area contributed by atoms with Gasteiger partial charge in [0.25, 0.3) is 5.56 Å². The number of esters is 2. The van der Waals surface area contributed by atoms with Gasteiger partial charge in [0.1, 0.15) is 17.3 Å². The van der Waals surface area contributed by atoms with Crippen LogP contribution in [0.15, 0.2) is 80.1 Å². The molecule has 0 N–H and O–H groups in total. The summed E-state index contributed by atoms with van der Waals surface area (Å²) < 4.78 is 23.8. The Balaban J connectivity index is 1.60. The van der Waals surface area contributed by atoms with E-state index in [0.717, 1.165) is 16.7 Å². The lowest BCUT2D eigenvalue weighted by Crippen LogP contribution is -2.39. The van der Waals surface area contributed by atoms with Gasteiger partial charge >= 0.3 is 11.9 Å². The van der Waals surface area contributed by atoms with Gasteiger partial charge in [-0.15, -0.1) is 0 Å². The van der Waals surface area contributed by atoms with Crippen LogP contribution in [0.1, 0.15) is 54.1 Å².